The summed E-state index contributed by atoms with van der Waals surface area (Å²) in [6.45, 7) is 1.99. The summed E-state index contributed by atoms with van der Waals surface area (Å²) in [5.74, 6) is -2.30. The van der Waals surface area contributed by atoms with E-state index in [-0.39, 0.29) is 35.0 Å². The zero-order valence-electron chi connectivity index (χ0n) is 24.4. The number of halogens is 3. The third kappa shape index (κ3) is 9.32. The molecule has 1 fully saturated rings. The first-order valence-corrected chi connectivity index (χ1v) is 14.1. The van der Waals surface area contributed by atoms with Crippen molar-refractivity contribution < 1.29 is 46.9 Å². The van der Waals surface area contributed by atoms with Crippen molar-refractivity contribution in [3.63, 3.8) is 0 Å². The van der Waals surface area contributed by atoms with Gasteiger partial charge in [-0.1, -0.05) is 12.1 Å². The van der Waals surface area contributed by atoms with Gasteiger partial charge in [0.2, 0.25) is 5.91 Å². The van der Waals surface area contributed by atoms with Gasteiger partial charge in [-0.25, -0.2) is 4.79 Å². The number of rotatable bonds is 10. The highest BCUT2D eigenvalue weighted by atomic mass is 19.4. The van der Waals surface area contributed by atoms with Crippen LogP contribution in [-0.4, -0.2) is 85.2 Å². The highest BCUT2D eigenvalue weighted by Crippen LogP contribution is 2.34. The Kier molecular flexibility index (Phi) is 10.8. The Labute approximate surface area is 257 Å². The maximum atomic E-state index is 13.5. The molecule has 0 aromatic heterocycles. The first-order chi connectivity index (χ1) is 21.4. The lowest BCUT2D eigenvalue weighted by atomic mass is 9.99. The highest BCUT2D eigenvalue weighted by Gasteiger charge is 2.34. The van der Waals surface area contributed by atoms with Gasteiger partial charge in [0.05, 0.1) is 19.1 Å². The van der Waals surface area contributed by atoms with Gasteiger partial charge in [-0.15, -0.1) is 0 Å². The minimum Gasteiger partial charge on any atom is -0.497 e. The molecule has 1 saturated heterocycles. The summed E-state index contributed by atoms with van der Waals surface area (Å²) in [5, 5.41) is 15.1. The number of anilines is 1. The number of ether oxygens (including phenoxy) is 2. The van der Waals surface area contributed by atoms with Gasteiger partial charge >= 0.3 is 18.2 Å². The van der Waals surface area contributed by atoms with Crippen molar-refractivity contribution in [1.29, 1.82) is 0 Å². The molecule has 3 amide bonds. The molecular formula is C31H33F3N4O7. The van der Waals surface area contributed by atoms with E-state index in [0.717, 1.165) is 6.07 Å². The number of piperazine rings is 1. The van der Waals surface area contributed by atoms with E-state index in [0.29, 0.717) is 38.4 Å². The number of carboxylic acid groups (broad SMARTS) is 1. The first kappa shape index (κ1) is 33.1. The van der Waals surface area contributed by atoms with E-state index >= 15 is 0 Å². The van der Waals surface area contributed by atoms with Crippen LogP contribution in [-0.2, 0) is 26.9 Å². The van der Waals surface area contributed by atoms with Crippen LogP contribution in [0.4, 0.5) is 23.7 Å². The van der Waals surface area contributed by atoms with E-state index in [2.05, 4.69) is 10.6 Å². The van der Waals surface area contributed by atoms with E-state index in [1.807, 2.05) is 0 Å². The Morgan fingerprint density at radius 1 is 1.09 bits per heavy atom. The minimum absolute atomic E-state index is 0.0104. The van der Waals surface area contributed by atoms with Crippen LogP contribution in [0.5, 0.6) is 5.75 Å². The van der Waals surface area contributed by atoms with Crippen LogP contribution >= 0.6 is 0 Å². The molecule has 0 bridgehead atoms. The summed E-state index contributed by atoms with van der Waals surface area (Å²) < 4.78 is 50.8. The molecule has 1 unspecified atom stereocenters. The number of nitrogens with one attached hydrogen (secondary N) is 2. The maximum absolute atomic E-state index is 13.5. The van der Waals surface area contributed by atoms with Crippen molar-refractivity contribution in [3.05, 3.63) is 83.1 Å². The quantitative estimate of drug-likeness (QED) is 0.359. The number of hydrogen-bond donors (Lipinski definition) is 3. The lowest BCUT2D eigenvalue weighted by Gasteiger charge is -2.28. The van der Waals surface area contributed by atoms with Crippen LogP contribution in [0.3, 0.4) is 0 Å². The molecule has 11 nitrogen and oxygen atoms in total. The number of benzene rings is 2. The number of carbonyl (C=O) groups is 4. The Morgan fingerprint density at radius 2 is 1.80 bits per heavy atom. The first-order valence-electron chi connectivity index (χ1n) is 14.1. The molecule has 2 aliphatic rings. The predicted octanol–water partition coefficient (Wildman–Crippen LogP) is 3.92. The molecule has 1 aliphatic carbocycles. The molecule has 1 atom stereocenters. The van der Waals surface area contributed by atoms with Gasteiger partial charge in [-0.05, 0) is 66.5 Å². The van der Waals surface area contributed by atoms with Gasteiger partial charge in [-0.3, -0.25) is 14.4 Å². The number of amides is 3. The van der Waals surface area contributed by atoms with Gasteiger partial charge in [-0.2, -0.15) is 13.2 Å². The lowest BCUT2D eigenvalue weighted by Crippen LogP contribution is -2.46. The van der Waals surface area contributed by atoms with E-state index in [4.69, 9.17) is 9.47 Å². The van der Waals surface area contributed by atoms with Crippen LogP contribution < -0.4 is 15.4 Å². The molecule has 2 aromatic rings. The van der Waals surface area contributed by atoms with E-state index < -0.39 is 48.6 Å². The van der Waals surface area contributed by atoms with Gasteiger partial charge in [0.1, 0.15) is 18.1 Å². The second-order valence-electron chi connectivity index (χ2n) is 10.5. The predicted molar refractivity (Wildman–Crippen MR) is 157 cm³/mol. The van der Waals surface area contributed by atoms with Crippen LogP contribution in [0.25, 0.3) is 0 Å². The van der Waals surface area contributed by atoms with E-state index in [1.54, 1.807) is 23.1 Å². The van der Waals surface area contributed by atoms with Gasteiger partial charge < -0.3 is 35.0 Å². The molecular weight excluding hydrogens is 597 g/mol. The second kappa shape index (κ2) is 14.8. The average molecular weight is 631 g/mol. The van der Waals surface area contributed by atoms with Gasteiger partial charge in [0, 0.05) is 44.0 Å². The number of carboxylic acids is 1. The number of hydrogen-bond acceptors (Lipinski definition) is 7. The SMILES string of the molecule is COc1ccc(CC(=O)Nc2ccc(C(=O)N(CC(=O)O)CC3C=CC(OC(=O)N4CCNCC4)=CC3)cc2)c(C(F)(F)F)c1. The van der Waals surface area contributed by atoms with Crippen molar-refractivity contribution in [2.75, 3.05) is 51.7 Å². The zero-order chi connectivity index (χ0) is 32.6. The zero-order valence-corrected chi connectivity index (χ0v) is 24.4. The summed E-state index contributed by atoms with van der Waals surface area (Å²) in [6, 6.07) is 8.95. The minimum atomic E-state index is -4.68. The van der Waals surface area contributed by atoms with E-state index in [1.165, 1.54) is 48.4 Å². The molecule has 240 valence electrons. The molecule has 45 heavy (non-hydrogen) atoms. The van der Waals surface area contributed by atoms with Gasteiger partial charge in [0.15, 0.2) is 0 Å². The van der Waals surface area contributed by atoms with Crippen molar-refractivity contribution >= 4 is 29.6 Å². The number of alkyl halides is 3. The largest absolute Gasteiger partial charge is 0.497 e. The molecule has 1 heterocycles. The topological polar surface area (TPSA) is 138 Å². The molecule has 1 aliphatic heterocycles. The molecule has 4 rings (SSSR count). The molecule has 14 heteroatoms. The van der Waals surface area contributed by atoms with Gasteiger partial charge in [0.25, 0.3) is 5.91 Å². The molecule has 2 aromatic carbocycles. The Hall–Kier alpha value is -4.85. The van der Waals surface area contributed by atoms with Crippen molar-refractivity contribution in [2.24, 2.45) is 5.92 Å². The number of aliphatic carboxylic acids is 1. The maximum Gasteiger partial charge on any atom is 0.416 e. The van der Waals surface area contributed by atoms with Crippen LogP contribution in [0.1, 0.15) is 27.9 Å². The lowest BCUT2D eigenvalue weighted by molar-refractivity contribution is -0.139. The fourth-order valence-electron chi connectivity index (χ4n) is 4.89. The smallest absolute Gasteiger partial charge is 0.416 e. The van der Waals surface area contributed by atoms with Crippen LogP contribution in [0.2, 0.25) is 0 Å². The summed E-state index contributed by atoms with van der Waals surface area (Å²) >= 11 is 0. The summed E-state index contributed by atoms with van der Waals surface area (Å²) in [5.41, 5.74) is -0.808. The number of nitrogens with zero attached hydrogens (tertiary/aromatic N) is 2. The molecule has 0 saturated carbocycles. The van der Waals surface area contributed by atoms with E-state index in [9.17, 15) is 37.5 Å². The normalized spacial score (nSPS) is 16.4. The molecule has 0 radical (unpaired) electrons. The number of methoxy groups -OCH3 is 1. The molecule has 3 N–H and O–H groups in total. The second-order valence-corrected chi connectivity index (χ2v) is 10.5. The van der Waals surface area contributed by atoms with Crippen molar-refractivity contribution in [2.45, 2.75) is 19.0 Å². The van der Waals surface area contributed by atoms with Crippen LogP contribution in [0, 0.1) is 5.92 Å². The average Bonchev–Trinajstić information content (AvgIpc) is 3.01. The van der Waals surface area contributed by atoms with Crippen molar-refractivity contribution in [1.82, 2.24) is 15.1 Å². The summed E-state index contributed by atoms with van der Waals surface area (Å²) in [4.78, 5) is 52.5. The Bertz CT molecular complexity index is 1470. The van der Waals surface area contributed by atoms with Crippen molar-refractivity contribution in [3.8, 4) is 5.75 Å². The fourth-order valence-corrected chi connectivity index (χ4v) is 4.89. The standard InChI is InChI=1S/C31H33F3N4O7/c1-44-25-11-6-22(26(17-25)31(32,33)34)16-27(39)36-23-7-4-21(5-8-23)29(42)38(19-28(40)41)18-20-2-9-24(10-3-20)45-30(43)37-14-12-35-13-15-37/h2,4-11,17,20,35H,3,12-16,18-19H2,1H3,(H,36,39)(H,40,41). The Morgan fingerprint density at radius 3 is 2.40 bits per heavy atom. The third-order valence-corrected chi connectivity index (χ3v) is 7.19. The number of allylic oxidation sites excluding steroid dienone is 2. The van der Waals surface area contributed by atoms with Crippen LogP contribution in [0.15, 0.2) is 66.5 Å². The fraction of sp³-hybridized carbons (Fsp3) is 0.355. The Balaban J connectivity index is 1.34. The monoisotopic (exact) mass is 630 g/mol. The summed E-state index contributed by atoms with van der Waals surface area (Å²) in [7, 11) is 1.24. The third-order valence-electron chi connectivity index (χ3n) is 7.19. The highest BCUT2D eigenvalue weighted by molar-refractivity contribution is 5.97. The molecule has 0 spiro atoms. The summed E-state index contributed by atoms with van der Waals surface area (Å²) in [6.07, 6.45) is -0.162. The number of carbonyl (C=O) groups excluding carboxylic acids is 3.